The molecule has 1 aliphatic rings. The van der Waals surface area contributed by atoms with Crippen molar-refractivity contribution in [2.45, 2.75) is 51.2 Å². The fraction of sp³-hybridized carbons (Fsp3) is 0.310. The van der Waals surface area contributed by atoms with Gasteiger partial charge in [0.25, 0.3) is 0 Å². The first-order valence-electron chi connectivity index (χ1n) is 12.2. The van der Waals surface area contributed by atoms with E-state index in [9.17, 15) is 4.79 Å². The molecule has 0 saturated heterocycles. The molecule has 1 fully saturated rings. The van der Waals surface area contributed by atoms with Crippen LogP contribution < -0.4 is 4.74 Å². The van der Waals surface area contributed by atoms with Crippen LogP contribution in [0.15, 0.2) is 78.9 Å². The summed E-state index contributed by atoms with van der Waals surface area (Å²) in [5, 5.41) is 0. The fourth-order valence-electron chi connectivity index (χ4n) is 5.04. The molecule has 5 nitrogen and oxygen atoms in total. The number of carbonyl (C=O) groups excluding carboxylic acids is 1. The van der Waals surface area contributed by atoms with Crippen LogP contribution >= 0.6 is 0 Å². The number of hydrogen-bond acceptors (Lipinski definition) is 3. The second-order valence-electron chi connectivity index (χ2n) is 9.04. The van der Waals surface area contributed by atoms with Gasteiger partial charge >= 0.3 is 0 Å². The zero-order valence-electron chi connectivity index (χ0n) is 19.7. The van der Waals surface area contributed by atoms with Gasteiger partial charge in [-0.2, -0.15) is 0 Å². The molecule has 1 heterocycles. The van der Waals surface area contributed by atoms with Gasteiger partial charge in [-0.15, -0.1) is 0 Å². The number of amides is 1. The fourth-order valence-corrected chi connectivity index (χ4v) is 5.04. The summed E-state index contributed by atoms with van der Waals surface area (Å²) < 4.78 is 7.51. The maximum atomic E-state index is 13.9. The molecule has 3 aromatic carbocycles. The molecule has 1 amide bonds. The summed E-state index contributed by atoms with van der Waals surface area (Å²) in [5.41, 5.74) is 3.97. The van der Waals surface area contributed by atoms with Crippen molar-refractivity contribution in [2.75, 3.05) is 7.11 Å². The van der Waals surface area contributed by atoms with Gasteiger partial charge in [-0.25, -0.2) is 4.98 Å². The van der Waals surface area contributed by atoms with Gasteiger partial charge in [-0.3, -0.25) is 4.79 Å². The number of imidazole rings is 1. The van der Waals surface area contributed by atoms with Crippen molar-refractivity contribution < 1.29 is 9.53 Å². The molecule has 0 bridgehead atoms. The average Bonchev–Trinajstić information content (AvgIpc) is 3.26. The highest BCUT2D eigenvalue weighted by Gasteiger charge is 2.27. The van der Waals surface area contributed by atoms with Crippen LogP contribution in [0.25, 0.3) is 22.4 Å². The maximum absolute atomic E-state index is 13.9. The lowest BCUT2D eigenvalue weighted by Crippen LogP contribution is -2.42. The second-order valence-corrected chi connectivity index (χ2v) is 9.04. The Labute approximate surface area is 201 Å². The van der Waals surface area contributed by atoms with Crippen molar-refractivity contribution in [1.82, 2.24) is 14.5 Å². The standard InChI is InChI=1S/C29H31N3O2/c1-34-25-16-10-13-23(19-25)29-30-26-17-8-9-18-27(26)32(29)21-28(33)31(24-14-6-3-7-15-24)20-22-11-4-2-5-12-22/h2,4-5,8-13,16-19,24H,3,6-7,14-15,20-21H2,1H3. The minimum absolute atomic E-state index is 0.142. The van der Waals surface area contributed by atoms with Crippen LogP contribution in [0.5, 0.6) is 5.75 Å². The molecule has 0 atom stereocenters. The molecule has 5 heteroatoms. The number of ether oxygens (including phenoxy) is 1. The van der Waals surface area contributed by atoms with Crippen molar-refractivity contribution in [2.24, 2.45) is 0 Å². The van der Waals surface area contributed by atoms with Gasteiger partial charge in [0.2, 0.25) is 5.91 Å². The van der Waals surface area contributed by atoms with E-state index in [4.69, 9.17) is 9.72 Å². The summed E-state index contributed by atoms with van der Waals surface area (Å²) in [4.78, 5) is 20.9. The number of benzene rings is 3. The molecule has 0 unspecified atom stereocenters. The van der Waals surface area contributed by atoms with E-state index in [1.54, 1.807) is 7.11 Å². The predicted molar refractivity (Wildman–Crippen MR) is 136 cm³/mol. The molecule has 5 rings (SSSR count). The Morgan fingerprint density at radius 1 is 0.971 bits per heavy atom. The zero-order chi connectivity index (χ0) is 23.3. The highest BCUT2D eigenvalue weighted by atomic mass is 16.5. The van der Waals surface area contributed by atoms with E-state index in [-0.39, 0.29) is 18.5 Å². The van der Waals surface area contributed by atoms with E-state index >= 15 is 0 Å². The van der Waals surface area contributed by atoms with E-state index in [1.165, 1.54) is 24.8 Å². The molecule has 1 aliphatic carbocycles. The number of para-hydroxylation sites is 2. The minimum atomic E-state index is 0.142. The summed E-state index contributed by atoms with van der Waals surface area (Å²) in [6, 6.07) is 26.5. The van der Waals surface area contributed by atoms with Crippen molar-refractivity contribution >= 4 is 16.9 Å². The Morgan fingerprint density at radius 2 is 1.74 bits per heavy atom. The lowest BCUT2D eigenvalue weighted by Gasteiger charge is -2.35. The van der Waals surface area contributed by atoms with Crippen molar-refractivity contribution in [3.8, 4) is 17.1 Å². The number of fused-ring (bicyclic) bond motifs is 1. The first kappa shape index (κ1) is 22.2. The Balaban J connectivity index is 1.51. The van der Waals surface area contributed by atoms with E-state index < -0.39 is 0 Å². The lowest BCUT2D eigenvalue weighted by molar-refractivity contribution is -0.135. The Bertz CT molecular complexity index is 1260. The number of hydrogen-bond donors (Lipinski definition) is 0. The lowest BCUT2D eigenvalue weighted by atomic mass is 9.93. The Morgan fingerprint density at radius 3 is 2.53 bits per heavy atom. The Hall–Kier alpha value is -3.60. The number of aromatic nitrogens is 2. The van der Waals surface area contributed by atoms with Gasteiger partial charge in [0, 0.05) is 18.2 Å². The number of methoxy groups -OCH3 is 1. The average molecular weight is 454 g/mol. The smallest absolute Gasteiger partial charge is 0.243 e. The summed E-state index contributed by atoms with van der Waals surface area (Å²) in [6.45, 7) is 0.905. The van der Waals surface area contributed by atoms with E-state index in [0.717, 1.165) is 41.0 Å². The van der Waals surface area contributed by atoms with Crippen LogP contribution in [0, 0.1) is 0 Å². The SMILES string of the molecule is COc1cccc(-c2nc3ccccc3n2CC(=O)N(Cc2ccccc2)C2CCCCC2)c1. The largest absolute Gasteiger partial charge is 0.497 e. The molecule has 1 saturated carbocycles. The van der Waals surface area contributed by atoms with E-state index in [2.05, 4.69) is 21.6 Å². The summed E-state index contributed by atoms with van der Waals surface area (Å²) in [7, 11) is 1.66. The van der Waals surface area contributed by atoms with Crippen LogP contribution in [0.2, 0.25) is 0 Å². The van der Waals surface area contributed by atoms with Gasteiger partial charge < -0.3 is 14.2 Å². The van der Waals surface area contributed by atoms with Crippen LogP contribution in [0.1, 0.15) is 37.7 Å². The third kappa shape index (κ3) is 4.69. The summed E-state index contributed by atoms with van der Waals surface area (Å²) in [5.74, 6) is 1.70. The third-order valence-electron chi connectivity index (χ3n) is 6.81. The molecular weight excluding hydrogens is 422 g/mol. The molecule has 174 valence electrons. The molecule has 0 radical (unpaired) electrons. The summed E-state index contributed by atoms with van der Waals surface area (Å²) in [6.07, 6.45) is 5.78. The quantitative estimate of drug-likeness (QED) is 0.341. The summed E-state index contributed by atoms with van der Waals surface area (Å²) >= 11 is 0. The van der Waals surface area contributed by atoms with Gasteiger partial charge in [-0.05, 0) is 42.7 Å². The van der Waals surface area contributed by atoms with Crippen LogP contribution in [0.4, 0.5) is 0 Å². The number of carbonyl (C=O) groups is 1. The van der Waals surface area contributed by atoms with Crippen LogP contribution in [-0.4, -0.2) is 33.5 Å². The van der Waals surface area contributed by atoms with Gasteiger partial charge in [-0.1, -0.05) is 73.9 Å². The molecule has 0 aliphatic heterocycles. The third-order valence-corrected chi connectivity index (χ3v) is 6.81. The van der Waals surface area contributed by atoms with Crippen LogP contribution in [-0.2, 0) is 17.9 Å². The van der Waals surface area contributed by atoms with Gasteiger partial charge in [0.1, 0.15) is 18.1 Å². The maximum Gasteiger partial charge on any atom is 0.243 e. The van der Waals surface area contributed by atoms with E-state index in [0.29, 0.717) is 6.54 Å². The number of rotatable bonds is 7. The first-order valence-corrected chi connectivity index (χ1v) is 12.2. The Kier molecular flexibility index (Phi) is 6.61. The number of nitrogens with zero attached hydrogens (tertiary/aromatic N) is 3. The highest BCUT2D eigenvalue weighted by Crippen LogP contribution is 2.29. The molecular formula is C29H31N3O2. The molecule has 0 spiro atoms. The van der Waals surface area contributed by atoms with E-state index in [1.807, 2.05) is 66.7 Å². The van der Waals surface area contributed by atoms with Crippen LogP contribution in [0.3, 0.4) is 0 Å². The van der Waals surface area contributed by atoms with Gasteiger partial charge in [0.15, 0.2) is 0 Å². The van der Waals surface area contributed by atoms with Crippen molar-refractivity contribution in [1.29, 1.82) is 0 Å². The molecule has 4 aromatic rings. The van der Waals surface area contributed by atoms with Crippen molar-refractivity contribution in [3.05, 3.63) is 84.4 Å². The molecule has 1 aromatic heterocycles. The highest BCUT2D eigenvalue weighted by molar-refractivity contribution is 5.85. The first-order chi connectivity index (χ1) is 16.7. The monoisotopic (exact) mass is 453 g/mol. The topological polar surface area (TPSA) is 47.4 Å². The second kappa shape index (κ2) is 10.1. The van der Waals surface area contributed by atoms with Crippen molar-refractivity contribution in [3.63, 3.8) is 0 Å². The zero-order valence-corrected chi connectivity index (χ0v) is 19.7. The molecule has 34 heavy (non-hydrogen) atoms. The normalized spacial score (nSPS) is 14.3. The predicted octanol–water partition coefficient (Wildman–Crippen LogP) is 6.07. The minimum Gasteiger partial charge on any atom is -0.497 e. The molecule has 0 N–H and O–H groups in total. The van der Waals surface area contributed by atoms with Gasteiger partial charge in [0.05, 0.1) is 18.1 Å².